The maximum atomic E-state index is 2.38. The van der Waals surface area contributed by atoms with Crippen LogP contribution in [0, 0.1) is 0 Å². The number of nitrogens with zero attached hydrogens (tertiary/aromatic N) is 1. The molecule has 1 nitrogen and oxygen atoms in total. The lowest BCUT2D eigenvalue weighted by Gasteiger charge is -2.26. The third-order valence-corrected chi connectivity index (χ3v) is 4.46. The second-order valence-corrected chi connectivity index (χ2v) is 6.06. The molecule has 3 rings (SSSR count). The molecule has 0 saturated heterocycles. The molecule has 25 heavy (non-hydrogen) atoms. The third-order valence-electron chi connectivity index (χ3n) is 4.46. The fourth-order valence-corrected chi connectivity index (χ4v) is 3.15. The zero-order valence-electron chi connectivity index (χ0n) is 15.0. The fraction of sp³-hybridized carbons (Fsp3) is 0.167. The first-order valence-corrected chi connectivity index (χ1v) is 8.95. The van der Waals surface area contributed by atoms with Crippen molar-refractivity contribution < 1.29 is 0 Å². The number of hydrogen-bond donors (Lipinski definition) is 0. The van der Waals surface area contributed by atoms with E-state index < -0.39 is 0 Å². The minimum absolute atomic E-state index is 0.942. The van der Waals surface area contributed by atoms with Crippen molar-refractivity contribution in [1.29, 1.82) is 0 Å². The van der Waals surface area contributed by atoms with Gasteiger partial charge in [-0.3, -0.25) is 0 Å². The fourth-order valence-electron chi connectivity index (χ4n) is 3.15. The molecule has 0 spiro atoms. The van der Waals surface area contributed by atoms with E-state index in [0.717, 1.165) is 13.0 Å². The van der Waals surface area contributed by atoms with E-state index in [0.29, 0.717) is 0 Å². The Morgan fingerprint density at radius 3 is 2.08 bits per heavy atom. The van der Waals surface area contributed by atoms with Crippen molar-refractivity contribution in [2.45, 2.75) is 20.3 Å². The van der Waals surface area contributed by atoms with E-state index in [1.54, 1.807) is 0 Å². The van der Waals surface area contributed by atoms with Crippen molar-refractivity contribution in [3.05, 3.63) is 96.6 Å². The number of benzene rings is 3. The number of rotatable bonds is 6. The molecule has 0 radical (unpaired) electrons. The molecule has 0 heterocycles. The Morgan fingerprint density at radius 1 is 0.760 bits per heavy atom. The summed E-state index contributed by atoms with van der Waals surface area (Å²) in [6.45, 7) is 5.22. The van der Waals surface area contributed by atoms with E-state index in [-0.39, 0.29) is 0 Å². The monoisotopic (exact) mass is 327 g/mol. The first-order valence-electron chi connectivity index (χ1n) is 8.95. The highest BCUT2D eigenvalue weighted by atomic mass is 15.1. The average Bonchev–Trinajstić information content (AvgIpc) is 2.69. The summed E-state index contributed by atoms with van der Waals surface area (Å²) < 4.78 is 0. The summed E-state index contributed by atoms with van der Waals surface area (Å²) >= 11 is 0. The van der Waals surface area contributed by atoms with E-state index in [4.69, 9.17) is 0 Å². The standard InChI is InChI=1S/C24H25N/c1-3-5-11-22-14-9-10-15-24(22)25(4-2)23-18-16-21(17-19-23)20-12-7-6-8-13-20/h3,5-10,12-19H,4,11H2,1-2H3/b5-3-. The maximum Gasteiger partial charge on any atom is 0.0446 e. The van der Waals surface area contributed by atoms with Crippen LogP contribution in [-0.4, -0.2) is 6.54 Å². The quantitative estimate of drug-likeness (QED) is 0.459. The maximum absolute atomic E-state index is 2.38. The SMILES string of the molecule is C/C=C\Cc1ccccc1N(CC)c1ccc(-c2ccccc2)cc1. The van der Waals surface area contributed by atoms with Crippen LogP contribution in [0.15, 0.2) is 91.0 Å². The largest absolute Gasteiger partial charge is 0.342 e. The predicted octanol–water partition coefficient (Wildman–Crippen LogP) is 6.63. The summed E-state index contributed by atoms with van der Waals surface area (Å²) in [6, 6.07) is 28.1. The predicted molar refractivity (Wildman–Crippen MR) is 110 cm³/mol. The van der Waals surface area contributed by atoms with Gasteiger partial charge in [0.05, 0.1) is 0 Å². The van der Waals surface area contributed by atoms with Crippen LogP contribution in [-0.2, 0) is 6.42 Å². The Hall–Kier alpha value is -2.80. The van der Waals surface area contributed by atoms with Crippen molar-refractivity contribution in [3.8, 4) is 11.1 Å². The summed E-state index contributed by atoms with van der Waals surface area (Å²) in [5.74, 6) is 0. The molecule has 0 bridgehead atoms. The normalized spacial score (nSPS) is 11.0. The molecule has 0 unspecified atom stereocenters. The van der Waals surface area contributed by atoms with E-state index in [2.05, 4.69) is 110 Å². The van der Waals surface area contributed by atoms with Crippen molar-refractivity contribution in [2.75, 3.05) is 11.4 Å². The summed E-state index contributed by atoms with van der Waals surface area (Å²) in [5.41, 5.74) is 6.38. The van der Waals surface area contributed by atoms with Crippen LogP contribution >= 0.6 is 0 Å². The molecule has 126 valence electrons. The van der Waals surface area contributed by atoms with Crippen molar-refractivity contribution in [1.82, 2.24) is 0 Å². The van der Waals surface area contributed by atoms with Crippen LogP contribution in [0.2, 0.25) is 0 Å². The molecule has 0 fully saturated rings. The lowest BCUT2D eigenvalue weighted by Crippen LogP contribution is -2.17. The number of hydrogen-bond acceptors (Lipinski definition) is 1. The van der Waals surface area contributed by atoms with Crippen LogP contribution in [0.4, 0.5) is 11.4 Å². The van der Waals surface area contributed by atoms with Gasteiger partial charge in [-0.15, -0.1) is 0 Å². The van der Waals surface area contributed by atoms with Gasteiger partial charge in [0.2, 0.25) is 0 Å². The molecule has 3 aromatic carbocycles. The Kier molecular flexibility index (Phi) is 5.69. The van der Waals surface area contributed by atoms with E-state index in [1.165, 1.54) is 28.1 Å². The number of anilines is 2. The van der Waals surface area contributed by atoms with Crippen LogP contribution < -0.4 is 4.90 Å². The Balaban J connectivity index is 1.92. The van der Waals surface area contributed by atoms with Gasteiger partial charge in [0, 0.05) is 17.9 Å². The molecule has 0 aromatic heterocycles. The molecule has 3 aromatic rings. The van der Waals surface area contributed by atoms with Gasteiger partial charge in [-0.2, -0.15) is 0 Å². The van der Waals surface area contributed by atoms with Gasteiger partial charge < -0.3 is 4.90 Å². The lowest BCUT2D eigenvalue weighted by molar-refractivity contribution is 1.01. The number of allylic oxidation sites excluding steroid dienone is 2. The van der Waals surface area contributed by atoms with Gasteiger partial charge in [-0.25, -0.2) is 0 Å². The van der Waals surface area contributed by atoms with Crippen LogP contribution in [0.5, 0.6) is 0 Å². The first kappa shape index (κ1) is 17.0. The average molecular weight is 327 g/mol. The van der Waals surface area contributed by atoms with Gasteiger partial charge in [0.15, 0.2) is 0 Å². The van der Waals surface area contributed by atoms with Gasteiger partial charge >= 0.3 is 0 Å². The highest BCUT2D eigenvalue weighted by Crippen LogP contribution is 2.30. The van der Waals surface area contributed by atoms with Gasteiger partial charge in [-0.1, -0.05) is 72.8 Å². The topological polar surface area (TPSA) is 3.24 Å². The van der Waals surface area contributed by atoms with Gasteiger partial charge in [-0.05, 0) is 55.2 Å². The minimum Gasteiger partial charge on any atom is -0.342 e. The van der Waals surface area contributed by atoms with E-state index in [1.807, 2.05) is 0 Å². The Morgan fingerprint density at radius 2 is 1.40 bits per heavy atom. The summed E-state index contributed by atoms with van der Waals surface area (Å²) in [5, 5.41) is 0. The molecular formula is C24H25N. The highest BCUT2D eigenvalue weighted by Gasteiger charge is 2.11. The summed E-state index contributed by atoms with van der Waals surface area (Å²) in [6.07, 6.45) is 5.29. The molecule has 0 atom stereocenters. The lowest BCUT2D eigenvalue weighted by atomic mass is 10.0. The van der Waals surface area contributed by atoms with Gasteiger partial charge in [0.25, 0.3) is 0 Å². The molecular weight excluding hydrogens is 302 g/mol. The molecule has 0 aliphatic carbocycles. The van der Waals surface area contributed by atoms with Crippen LogP contribution in [0.1, 0.15) is 19.4 Å². The van der Waals surface area contributed by atoms with Crippen LogP contribution in [0.3, 0.4) is 0 Å². The molecule has 0 saturated carbocycles. The van der Waals surface area contributed by atoms with Crippen LogP contribution in [0.25, 0.3) is 11.1 Å². The first-order chi connectivity index (χ1) is 12.3. The third kappa shape index (κ3) is 4.00. The summed E-state index contributed by atoms with van der Waals surface area (Å²) in [4.78, 5) is 2.38. The zero-order chi connectivity index (χ0) is 17.5. The van der Waals surface area contributed by atoms with E-state index >= 15 is 0 Å². The highest BCUT2D eigenvalue weighted by molar-refractivity contribution is 5.71. The molecule has 1 heteroatoms. The summed E-state index contributed by atoms with van der Waals surface area (Å²) in [7, 11) is 0. The molecule has 0 aliphatic rings. The Labute approximate surface area is 151 Å². The minimum atomic E-state index is 0.942. The van der Waals surface area contributed by atoms with Crippen molar-refractivity contribution in [2.24, 2.45) is 0 Å². The van der Waals surface area contributed by atoms with Gasteiger partial charge in [0.1, 0.15) is 0 Å². The zero-order valence-corrected chi connectivity index (χ0v) is 15.0. The second kappa shape index (κ2) is 8.34. The number of para-hydroxylation sites is 1. The molecule has 0 amide bonds. The van der Waals surface area contributed by atoms with E-state index in [9.17, 15) is 0 Å². The molecule has 0 N–H and O–H groups in total. The van der Waals surface area contributed by atoms with Crippen molar-refractivity contribution >= 4 is 11.4 Å². The van der Waals surface area contributed by atoms with Crippen molar-refractivity contribution in [3.63, 3.8) is 0 Å². The Bertz CT molecular complexity index is 816. The second-order valence-electron chi connectivity index (χ2n) is 6.06. The smallest absolute Gasteiger partial charge is 0.0446 e. The molecule has 0 aliphatic heterocycles.